The lowest BCUT2D eigenvalue weighted by molar-refractivity contribution is -0.445. The van der Waals surface area contributed by atoms with Crippen LogP contribution in [-0.4, -0.2) is 65.8 Å². The molecule has 0 atom stereocenters. The zero-order valence-electron chi connectivity index (χ0n) is 20.1. The molecule has 0 saturated carbocycles. The summed E-state index contributed by atoms with van der Waals surface area (Å²) in [6.07, 6.45) is 1.51. The van der Waals surface area contributed by atoms with E-state index < -0.39 is 69.3 Å². The van der Waals surface area contributed by atoms with Gasteiger partial charge in [0.15, 0.2) is 0 Å². The van der Waals surface area contributed by atoms with Crippen LogP contribution in [0.4, 0.5) is 75.2 Å². The number of halogens is 17. The van der Waals surface area contributed by atoms with Gasteiger partial charge in [-0.25, -0.2) is 4.79 Å². The van der Waals surface area contributed by atoms with Crippen LogP contribution in [0.15, 0.2) is 0 Å². The highest BCUT2D eigenvalue weighted by atomic mass is 35.5. The summed E-state index contributed by atoms with van der Waals surface area (Å²) in [5.74, 6) is -62.6. The van der Waals surface area contributed by atoms with Crippen molar-refractivity contribution < 1.29 is 84.6 Å². The lowest BCUT2D eigenvalue weighted by Gasteiger charge is -2.42. The molecule has 2 rings (SSSR count). The van der Waals surface area contributed by atoms with E-state index in [2.05, 4.69) is 16.3 Å². The highest BCUT2D eigenvalue weighted by Gasteiger charge is 2.95. The van der Waals surface area contributed by atoms with Gasteiger partial charge in [-0.05, 0) is 42.8 Å². The van der Waals surface area contributed by atoms with E-state index in [1.807, 2.05) is 0 Å². The molecule has 0 radical (unpaired) electrons. The summed E-state index contributed by atoms with van der Waals surface area (Å²) in [4.78, 5) is 24.3. The highest BCUT2D eigenvalue weighted by molar-refractivity contribution is 7.17. The fourth-order valence-electron chi connectivity index (χ4n) is 3.64. The average molecular weight is 688 g/mol. The number of hydrogen-bond acceptors (Lipinski definition) is 4. The molecule has 1 heterocycles. The Balaban J connectivity index is 2.58. The fraction of sp³-hybridized carbons (Fsp3) is 0.700. The van der Waals surface area contributed by atoms with Gasteiger partial charge in [0.05, 0.1) is 12.7 Å². The van der Waals surface area contributed by atoms with E-state index in [0.717, 1.165) is 12.4 Å². The average Bonchev–Trinajstić information content (AvgIpc) is 3.01. The van der Waals surface area contributed by atoms with Gasteiger partial charge in [0.2, 0.25) is 0 Å². The molecular weight excluding hydrogens is 674 g/mol. The summed E-state index contributed by atoms with van der Waals surface area (Å²) in [5.41, 5.74) is -0.690. The lowest BCUT2D eigenvalue weighted by Crippen LogP contribution is -2.75. The number of anilines is 1. The van der Waals surface area contributed by atoms with Crippen LogP contribution < -0.4 is 5.32 Å². The number of rotatable bonds is 10. The van der Waals surface area contributed by atoms with Gasteiger partial charge in [-0.15, -0.1) is 11.3 Å². The van der Waals surface area contributed by atoms with Crippen molar-refractivity contribution in [3.8, 4) is 0 Å². The molecule has 242 valence electrons. The molecule has 1 aliphatic rings. The molecule has 1 aromatic rings. The van der Waals surface area contributed by atoms with Crippen LogP contribution in [0.1, 0.15) is 40.1 Å². The zero-order chi connectivity index (χ0) is 33.1. The number of methoxy groups -OCH3 is 1. The minimum Gasteiger partial charge on any atom is -0.465 e. The van der Waals surface area contributed by atoms with Crippen molar-refractivity contribution in [2.75, 3.05) is 12.4 Å². The van der Waals surface area contributed by atoms with E-state index >= 15 is 0 Å². The molecule has 1 N–H and O–H groups in total. The first-order valence-corrected chi connectivity index (χ1v) is 12.0. The number of ether oxygens (including phenoxy) is 1. The Morgan fingerprint density at radius 3 is 1.57 bits per heavy atom. The Labute approximate surface area is 232 Å². The number of fused-ring (bicyclic) bond motifs is 1. The van der Waals surface area contributed by atoms with Crippen molar-refractivity contribution in [3.05, 3.63) is 16.0 Å². The molecule has 1 aromatic heterocycles. The topological polar surface area (TPSA) is 55.4 Å². The molecule has 0 unspecified atom stereocenters. The Hall–Kier alpha value is -2.19. The van der Waals surface area contributed by atoms with Gasteiger partial charge in [0.1, 0.15) is 5.00 Å². The largest absolute Gasteiger partial charge is 0.465 e. The number of amides is 1. The monoisotopic (exact) mass is 687 g/mol. The van der Waals surface area contributed by atoms with Crippen LogP contribution in [0, 0.1) is 0 Å². The number of aryl methyl sites for hydroxylation is 1. The molecule has 0 spiro atoms. The molecule has 1 amide bonds. The minimum absolute atomic E-state index is 0.0261. The predicted octanol–water partition coefficient (Wildman–Crippen LogP) is 8.02. The van der Waals surface area contributed by atoms with E-state index in [1.165, 1.54) is 0 Å². The first-order chi connectivity index (χ1) is 18.6. The Morgan fingerprint density at radius 1 is 0.690 bits per heavy atom. The lowest BCUT2D eigenvalue weighted by atomic mass is 9.89. The first kappa shape index (κ1) is 36.0. The third-order valence-electron chi connectivity index (χ3n) is 6.05. The third-order valence-corrected chi connectivity index (χ3v) is 7.49. The van der Waals surface area contributed by atoms with Gasteiger partial charge in [-0.1, -0.05) is 6.42 Å². The number of esters is 1. The summed E-state index contributed by atoms with van der Waals surface area (Å²) in [6, 6.07) is 0. The summed E-state index contributed by atoms with van der Waals surface area (Å²) < 4.78 is 223. The normalized spacial score (nSPS) is 16.5. The standard InChI is InChI=1S/C20H14ClF16NO3S/c1-41-11(39)9-7-5-3-2-4-6-8(7)42-10(9)38-12(40)13(22,23)14(24,25)15(26,27)16(28,29)17(30,31)18(32,33)19(34,35)20(21,36)37/h2-6H2,1H3,(H,38,40). The second kappa shape index (κ2) is 10.8. The van der Waals surface area contributed by atoms with E-state index in [4.69, 9.17) is 0 Å². The van der Waals surface area contributed by atoms with Crippen molar-refractivity contribution >= 4 is 39.8 Å². The quantitative estimate of drug-likeness (QED) is 0.117. The summed E-state index contributed by atoms with van der Waals surface area (Å²) >= 11 is 3.74. The Kier molecular flexibility index (Phi) is 9.22. The number of carbonyl (C=O) groups excluding carboxylic acids is 2. The van der Waals surface area contributed by atoms with Gasteiger partial charge in [-0.2, -0.15) is 70.2 Å². The van der Waals surface area contributed by atoms with E-state index in [0.29, 0.717) is 19.3 Å². The molecule has 0 fully saturated rings. The SMILES string of the molecule is COC(=O)c1c(NC(=O)C(F)(F)C(F)(F)C(F)(F)C(F)(F)C(F)(F)C(F)(F)C(F)(F)C(F)(F)Cl)sc2c1CCCCC2. The van der Waals surface area contributed by atoms with E-state index in [-0.39, 0.29) is 34.6 Å². The van der Waals surface area contributed by atoms with Crippen LogP contribution >= 0.6 is 22.9 Å². The summed E-state index contributed by atoms with van der Waals surface area (Å²) in [6.45, 7) is 0. The Bertz CT molecular complexity index is 1210. The van der Waals surface area contributed by atoms with Crippen LogP contribution in [0.2, 0.25) is 0 Å². The van der Waals surface area contributed by atoms with Crippen LogP contribution in [0.3, 0.4) is 0 Å². The molecular formula is C20H14ClF16NO3S. The van der Waals surface area contributed by atoms with Crippen molar-refractivity contribution in [1.82, 2.24) is 0 Å². The van der Waals surface area contributed by atoms with Crippen LogP contribution in [-0.2, 0) is 22.4 Å². The molecule has 22 heteroatoms. The number of nitrogens with one attached hydrogen (secondary N) is 1. The molecule has 0 aliphatic heterocycles. The van der Waals surface area contributed by atoms with Gasteiger partial charge in [-0.3, -0.25) is 4.79 Å². The highest BCUT2D eigenvalue weighted by Crippen LogP contribution is 2.64. The van der Waals surface area contributed by atoms with Gasteiger partial charge >= 0.3 is 58.7 Å². The van der Waals surface area contributed by atoms with Crippen molar-refractivity contribution in [1.29, 1.82) is 0 Å². The van der Waals surface area contributed by atoms with Crippen LogP contribution in [0.25, 0.3) is 0 Å². The van der Waals surface area contributed by atoms with Crippen molar-refractivity contribution in [2.24, 2.45) is 0 Å². The second-order valence-corrected chi connectivity index (χ2v) is 10.3. The maximum atomic E-state index is 14.4. The van der Waals surface area contributed by atoms with Gasteiger partial charge in [0, 0.05) is 4.88 Å². The van der Waals surface area contributed by atoms with Crippen LogP contribution in [0.5, 0.6) is 0 Å². The number of alkyl halides is 17. The predicted molar refractivity (Wildman–Crippen MR) is 111 cm³/mol. The third kappa shape index (κ3) is 5.04. The molecule has 42 heavy (non-hydrogen) atoms. The number of hydrogen-bond donors (Lipinski definition) is 1. The van der Waals surface area contributed by atoms with Crippen molar-refractivity contribution in [2.45, 2.75) is 78.9 Å². The molecule has 4 nitrogen and oxygen atoms in total. The minimum atomic E-state index is -8.69. The summed E-state index contributed by atoms with van der Waals surface area (Å²) in [5, 5.41) is -7.07. The maximum Gasteiger partial charge on any atom is 0.393 e. The molecule has 0 bridgehead atoms. The van der Waals surface area contributed by atoms with E-state index in [1.54, 1.807) is 0 Å². The van der Waals surface area contributed by atoms with Gasteiger partial charge < -0.3 is 10.1 Å². The number of carbonyl (C=O) groups is 2. The summed E-state index contributed by atoms with van der Waals surface area (Å²) in [7, 11) is 0.736. The Morgan fingerprint density at radius 2 is 1.12 bits per heavy atom. The smallest absolute Gasteiger partial charge is 0.393 e. The first-order valence-electron chi connectivity index (χ1n) is 10.8. The second-order valence-electron chi connectivity index (χ2n) is 8.73. The van der Waals surface area contributed by atoms with E-state index in [9.17, 15) is 79.8 Å². The molecule has 1 aliphatic carbocycles. The fourth-order valence-corrected chi connectivity index (χ4v) is 5.03. The molecule has 0 aromatic carbocycles. The maximum absolute atomic E-state index is 14.4. The molecule has 0 saturated heterocycles. The number of thiophene rings is 1. The van der Waals surface area contributed by atoms with Crippen molar-refractivity contribution in [3.63, 3.8) is 0 Å². The zero-order valence-corrected chi connectivity index (χ0v) is 21.7. The van der Waals surface area contributed by atoms with Gasteiger partial charge in [0.25, 0.3) is 0 Å².